The zero-order valence-corrected chi connectivity index (χ0v) is 20.3. The van der Waals surface area contributed by atoms with Gasteiger partial charge in [0.1, 0.15) is 18.6 Å². The Labute approximate surface area is 213 Å². The minimum atomic E-state index is -0.698. The Bertz CT molecular complexity index is 1600. The SMILES string of the molecule is CC(NC(=O)C1=C2N=CC=CN2N(C)C1N)c1nc2cccc(C#CCO)c2c(=O)n1-c1ccccc1. The number of hydrogen-bond donors (Lipinski definition) is 3. The van der Waals surface area contributed by atoms with Crippen LogP contribution in [0, 0.1) is 11.8 Å². The number of carbonyl (C=O) groups is 1. The van der Waals surface area contributed by atoms with Crippen LogP contribution in [0.5, 0.6) is 0 Å². The summed E-state index contributed by atoms with van der Waals surface area (Å²) in [5.41, 5.74) is 7.80. The summed E-state index contributed by atoms with van der Waals surface area (Å²) in [6.07, 6.45) is 4.44. The number of nitrogens with zero attached hydrogens (tertiary/aromatic N) is 5. The fourth-order valence-electron chi connectivity index (χ4n) is 4.44. The molecule has 10 nitrogen and oxygen atoms in total. The molecule has 2 aliphatic rings. The number of likely N-dealkylation sites (N-methyl/N-ethyl adjacent to an activating group) is 1. The summed E-state index contributed by atoms with van der Waals surface area (Å²) in [5, 5.41) is 15.9. The monoisotopic (exact) mass is 495 g/mol. The van der Waals surface area contributed by atoms with Crippen molar-refractivity contribution in [2.24, 2.45) is 10.7 Å². The van der Waals surface area contributed by atoms with E-state index in [0.29, 0.717) is 39.4 Å². The summed E-state index contributed by atoms with van der Waals surface area (Å²) in [6.45, 7) is 1.43. The standard InChI is InChI=1S/C27H25N7O3/c1-17(30-26(36)22-23(28)32(2)33-15-8-14-29-25(22)33)24-31-20-13-6-9-18(10-7-16-35)21(20)27(37)34(24)19-11-4-3-5-12-19/h3-6,8-9,11-15,17,23,35H,16,28H2,1-2H3,(H,30,36). The first-order valence-corrected chi connectivity index (χ1v) is 11.7. The lowest BCUT2D eigenvalue weighted by Crippen LogP contribution is -2.45. The Balaban J connectivity index is 1.62. The van der Waals surface area contributed by atoms with E-state index < -0.39 is 18.1 Å². The maximum absolute atomic E-state index is 13.9. The van der Waals surface area contributed by atoms with Crippen LogP contribution in [0.4, 0.5) is 0 Å². The first kappa shape index (κ1) is 24.1. The Hall–Kier alpha value is -4.56. The highest BCUT2D eigenvalue weighted by atomic mass is 16.2. The van der Waals surface area contributed by atoms with E-state index in [9.17, 15) is 9.59 Å². The molecule has 1 amide bonds. The molecule has 2 unspecified atom stereocenters. The fraction of sp³-hybridized carbons (Fsp3) is 0.185. The molecule has 5 rings (SSSR count). The second-order valence-corrected chi connectivity index (χ2v) is 8.52. The highest BCUT2D eigenvalue weighted by Gasteiger charge is 2.38. The van der Waals surface area contributed by atoms with Crippen LogP contribution in [0.1, 0.15) is 24.4 Å². The summed E-state index contributed by atoms with van der Waals surface area (Å²) in [5.74, 6) is 5.82. The molecule has 0 fully saturated rings. The van der Waals surface area contributed by atoms with Crippen LogP contribution in [0.3, 0.4) is 0 Å². The molecule has 0 saturated heterocycles. The number of aliphatic imine (C=N–C) groups is 1. The molecule has 3 heterocycles. The van der Waals surface area contributed by atoms with E-state index in [0.717, 1.165) is 0 Å². The highest BCUT2D eigenvalue weighted by molar-refractivity contribution is 5.96. The lowest BCUT2D eigenvalue weighted by molar-refractivity contribution is -0.118. The van der Waals surface area contributed by atoms with Crippen molar-refractivity contribution >= 4 is 23.0 Å². The first-order valence-electron chi connectivity index (χ1n) is 11.7. The number of benzene rings is 2. The second-order valence-electron chi connectivity index (χ2n) is 8.52. The summed E-state index contributed by atoms with van der Waals surface area (Å²) >= 11 is 0. The van der Waals surface area contributed by atoms with Crippen LogP contribution in [-0.2, 0) is 4.79 Å². The van der Waals surface area contributed by atoms with Gasteiger partial charge in [-0.25, -0.2) is 9.98 Å². The third-order valence-corrected chi connectivity index (χ3v) is 6.23. The van der Waals surface area contributed by atoms with Gasteiger partial charge in [0.2, 0.25) is 0 Å². The molecule has 2 aromatic carbocycles. The predicted octanol–water partition coefficient (Wildman–Crippen LogP) is 1.16. The van der Waals surface area contributed by atoms with Crippen molar-refractivity contribution in [3.05, 3.63) is 93.9 Å². The molecule has 0 aliphatic carbocycles. The third-order valence-electron chi connectivity index (χ3n) is 6.23. The van der Waals surface area contributed by atoms with Gasteiger partial charge in [0.15, 0.2) is 5.82 Å². The van der Waals surface area contributed by atoms with Gasteiger partial charge in [0.05, 0.1) is 28.2 Å². The Morgan fingerprint density at radius 3 is 2.76 bits per heavy atom. The van der Waals surface area contributed by atoms with Crippen LogP contribution in [0.25, 0.3) is 16.6 Å². The molecule has 186 valence electrons. The average molecular weight is 496 g/mol. The van der Waals surface area contributed by atoms with Gasteiger partial charge in [0, 0.05) is 25.0 Å². The molecule has 0 bridgehead atoms. The molecule has 2 aliphatic heterocycles. The summed E-state index contributed by atoms with van der Waals surface area (Å²) in [7, 11) is 1.77. The topological polar surface area (TPSA) is 129 Å². The van der Waals surface area contributed by atoms with E-state index in [1.54, 1.807) is 72.8 Å². The Kier molecular flexibility index (Phi) is 6.42. The number of aliphatic hydroxyl groups is 1. The number of aromatic nitrogens is 2. The maximum atomic E-state index is 13.9. The summed E-state index contributed by atoms with van der Waals surface area (Å²) in [4.78, 5) is 36.4. The van der Waals surface area contributed by atoms with E-state index in [4.69, 9.17) is 15.8 Å². The molecule has 0 saturated carbocycles. The molecular weight excluding hydrogens is 470 g/mol. The number of hydrazine groups is 1. The molecule has 1 aromatic heterocycles. The van der Waals surface area contributed by atoms with Gasteiger partial charge in [-0.1, -0.05) is 36.1 Å². The minimum absolute atomic E-state index is 0.311. The minimum Gasteiger partial charge on any atom is -0.384 e. The number of carbonyl (C=O) groups excluding carboxylic acids is 1. The van der Waals surface area contributed by atoms with Gasteiger partial charge in [-0.05, 0) is 37.3 Å². The van der Waals surface area contributed by atoms with E-state index in [1.807, 2.05) is 18.2 Å². The number of aliphatic hydroxyl groups excluding tert-OH is 1. The lowest BCUT2D eigenvalue weighted by Gasteiger charge is -2.27. The molecular formula is C27H25N7O3. The van der Waals surface area contributed by atoms with Gasteiger partial charge >= 0.3 is 0 Å². The lowest BCUT2D eigenvalue weighted by atomic mass is 10.1. The predicted molar refractivity (Wildman–Crippen MR) is 140 cm³/mol. The average Bonchev–Trinajstić information content (AvgIpc) is 3.17. The van der Waals surface area contributed by atoms with Crippen molar-refractivity contribution in [1.29, 1.82) is 0 Å². The van der Waals surface area contributed by atoms with Crippen molar-refractivity contribution in [3.8, 4) is 17.5 Å². The molecule has 0 spiro atoms. The number of hydrogen-bond acceptors (Lipinski definition) is 8. The zero-order chi connectivity index (χ0) is 26.1. The van der Waals surface area contributed by atoms with Gasteiger partial charge in [-0.3, -0.25) is 19.2 Å². The number of amides is 1. The van der Waals surface area contributed by atoms with Crippen molar-refractivity contribution < 1.29 is 9.90 Å². The van der Waals surface area contributed by atoms with Gasteiger partial charge in [-0.2, -0.15) is 5.01 Å². The van der Waals surface area contributed by atoms with Crippen molar-refractivity contribution in [2.75, 3.05) is 13.7 Å². The molecule has 37 heavy (non-hydrogen) atoms. The van der Waals surface area contributed by atoms with Gasteiger partial charge in [0.25, 0.3) is 11.5 Å². The van der Waals surface area contributed by atoms with E-state index in [2.05, 4.69) is 22.2 Å². The maximum Gasteiger partial charge on any atom is 0.267 e. The third kappa shape index (κ3) is 4.21. The summed E-state index contributed by atoms with van der Waals surface area (Å²) < 4.78 is 1.48. The number of nitrogens with one attached hydrogen (secondary N) is 1. The van der Waals surface area contributed by atoms with E-state index >= 15 is 0 Å². The van der Waals surface area contributed by atoms with Crippen molar-refractivity contribution in [3.63, 3.8) is 0 Å². The van der Waals surface area contributed by atoms with Crippen LogP contribution in [0.15, 0.2) is 82.0 Å². The number of rotatable bonds is 4. The number of para-hydroxylation sites is 1. The molecule has 10 heteroatoms. The van der Waals surface area contributed by atoms with Crippen LogP contribution in [0.2, 0.25) is 0 Å². The van der Waals surface area contributed by atoms with Crippen LogP contribution >= 0.6 is 0 Å². The highest BCUT2D eigenvalue weighted by Crippen LogP contribution is 2.29. The Morgan fingerprint density at radius 1 is 1.22 bits per heavy atom. The molecule has 0 radical (unpaired) electrons. The largest absolute Gasteiger partial charge is 0.384 e. The summed E-state index contributed by atoms with van der Waals surface area (Å²) in [6, 6.07) is 13.6. The normalized spacial score (nSPS) is 17.5. The van der Waals surface area contributed by atoms with Crippen molar-refractivity contribution in [2.45, 2.75) is 19.1 Å². The van der Waals surface area contributed by atoms with Crippen LogP contribution < -0.4 is 16.6 Å². The van der Waals surface area contributed by atoms with Crippen molar-refractivity contribution in [1.82, 2.24) is 24.9 Å². The number of fused-ring (bicyclic) bond motifs is 2. The van der Waals surface area contributed by atoms with Crippen LogP contribution in [-0.4, -0.2) is 56.6 Å². The van der Waals surface area contributed by atoms with Gasteiger partial charge < -0.3 is 16.2 Å². The molecule has 3 aromatic rings. The Morgan fingerprint density at radius 2 is 2.00 bits per heavy atom. The number of nitrogens with two attached hydrogens (primary N) is 1. The quantitative estimate of drug-likeness (QED) is 0.463. The molecule has 2 atom stereocenters. The van der Waals surface area contributed by atoms with E-state index in [1.165, 1.54) is 4.57 Å². The first-order chi connectivity index (χ1) is 17.9. The zero-order valence-electron chi connectivity index (χ0n) is 20.3. The molecule has 4 N–H and O–H groups in total. The van der Waals surface area contributed by atoms with Gasteiger partial charge in [-0.15, -0.1) is 0 Å². The number of allylic oxidation sites excluding steroid dienone is 1. The smallest absolute Gasteiger partial charge is 0.267 e. The van der Waals surface area contributed by atoms with E-state index in [-0.39, 0.29) is 12.2 Å². The fourth-order valence-corrected chi connectivity index (χ4v) is 4.44. The second kappa shape index (κ2) is 9.83.